The number of benzene rings is 1. The van der Waals surface area contributed by atoms with Crippen LogP contribution in [0.1, 0.15) is 74.1 Å². The topological polar surface area (TPSA) is 79.6 Å². The van der Waals surface area contributed by atoms with Gasteiger partial charge >= 0.3 is 0 Å². The molecule has 2 aromatic heterocycles. The standard InChI is InChI=1S/C27H33N5O2/c1-4-21-15-24(27(34)31-13-7-5-6-8-18(31)3)29-25-16-23(30-32(21)25)22-12-11-20(14-17(22)2)28-26(33)19-9-10-19/h11-12,14-16,18-19H,4-10,13H2,1-3H3,(H,28,33). The molecule has 1 aromatic carbocycles. The number of hydrogen-bond donors (Lipinski definition) is 1. The molecule has 34 heavy (non-hydrogen) atoms. The van der Waals surface area contributed by atoms with Gasteiger partial charge in [0.25, 0.3) is 5.91 Å². The van der Waals surface area contributed by atoms with Crippen LogP contribution in [-0.4, -0.2) is 43.9 Å². The highest BCUT2D eigenvalue weighted by Crippen LogP contribution is 2.31. The fourth-order valence-electron chi connectivity index (χ4n) is 4.87. The first-order valence-corrected chi connectivity index (χ1v) is 12.6. The molecular weight excluding hydrogens is 426 g/mol. The smallest absolute Gasteiger partial charge is 0.272 e. The van der Waals surface area contributed by atoms with Gasteiger partial charge in [0.1, 0.15) is 5.69 Å². The molecule has 1 saturated heterocycles. The molecule has 2 amide bonds. The van der Waals surface area contributed by atoms with Crippen molar-refractivity contribution in [1.29, 1.82) is 0 Å². The summed E-state index contributed by atoms with van der Waals surface area (Å²) in [5.74, 6) is 0.292. The highest BCUT2D eigenvalue weighted by molar-refractivity contribution is 5.94. The Morgan fingerprint density at radius 2 is 1.91 bits per heavy atom. The Morgan fingerprint density at radius 1 is 1.09 bits per heavy atom. The maximum absolute atomic E-state index is 13.4. The monoisotopic (exact) mass is 459 g/mol. The number of rotatable bonds is 5. The van der Waals surface area contributed by atoms with Gasteiger partial charge in [0.05, 0.1) is 5.69 Å². The summed E-state index contributed by atoms with van der Waals surface area (Å²) in [7, 11) is 0. The number of carbonyl (C=O) groups excluding carboxylic acids is 2. The number of nitrogens with one attached hydrogen (secondary N) is 1. The van der Waals surface area contributed by atoms with E-state index in [1.165, 1.54) is 12.8 Å². The van der Waals surface area contributed by atoms with Gasteiger partial charge in [-0.25, -0.2) is 9.50 Å². The molecular formula is C27H33N5O2. The Balaban J connectivity index is 1.46. The van der Waals surface area contributed by atoms with Gasteiger partial charge in [-0.2, -0.15) is 5.10 Å². The molecule has 178 valence electrons. The Bertz CT molecular complexity index is 1240. The largest absolute Gasteiger partial charge is 0.335 e. The lowest BCUT2D eigenvalue weighted by Crippen LogP contribution is -2.38. The van der Waals surface area contributed by atoms with Gasteiger partial charge < -0.3 is 10.2 Å². The van der Waals surface area contributed by atoms with Crippen molar-refractivity contribution < 1.29 is 9.59 Å². The van der Waals surface area contributed by atoms with Crippen LogP contribution in [0.5, 0.6) is 0 Å². The Hall–Kier alpha value is -3.22. The molecule has 2 aliphatic rings. The van der Waals surface area contributed by atoms with Crippen LogP contribution in [0.4, 0.5) is 5.69 Å². The van der Waals surface area contributed by atoms with E-state index in [4.69, 9.17) is 10.1 Å². The Labute approximate surface area is 200 Å². The molecule has 1 saturated carbocycles. The Morgan fingerprint density at radius 3 is 2.65 bits per heavy atom. The van der Waals surface area contributed by atoms with E-state index in [-0.39, 0.29) is 23.8 Å². The summed E-state index contributed by atoms with van der Waals surface area (Å²) in [6.07, 6.45) is 7.16. The molecule has 1 atom stereocenters. The molecule has 7 heteroatoms. The van der Waals surface area contributed by atoms with Gasteiger partial charge in [0.2, 0.25) is 5.91 Å². The molecule has 5 rings (SSSR count). The highest BCUT2D eigenvalue weighted by atomic mass is 16.2. The molecule has 1 aliphatic heterocycles. The predicted octanol–water partition coefficient (Wildman–Crippen LogP) is 5.02. The second-order valence-corrected chi connectivity index (χ2v) is 9.78. The van der Waals surface area contributed by atoms with Crippen molar-refractivity contribution in [3.63, 3.8) is 0 Å². The minimum absolute atomic E-state index is 0.0151. The molecule has 7 nitrogen and oxygen atoms in total. The SMILES string of the molecule is CCc1cc(C(=O)N2CCCCCC2C)nc2cc(-c3ccc(NC(=O)C4CC4)cc3C)nn12. The maximum Gasteiger partial charge on any atom is 0.272 e. The number of anilines is 1. The first-order valence-electron chi connectivity index (χ1n) is 12.6. The van der Waals surface area contributed by atoms with Crippen LogP contribution in [-0.2, 0) is 11.2 Å². The van der Waals surface area contributed by atoms with E-state index in [1.54, 1.807) is 0 Å². The first kappa shape index (κ1) is 22.6. The summed E-state index contributed by atoms with van der Waals surface area (Å²) in [6, 6.07) is 10.00. The van der Waals surface area contributed by atoms with Crippen LogP contribution in [0.2, 0.25) is 0 Å². The van der Waals surface area contributed by atoms with Crippen molar-refractivity contribution in [2.45, 2.75) is 71.8 Å². The summed E-state index contributed by atoms with van der Waals surface area (Å²) in [6.45, 7) is 7.03. The maximum atomic E-state index is 13.4. The zero-order valence-electron chi connectivity index (χ0n) is 20.3. The average molecular weight is 460 g/mol. The second-order valence-electron chi connectivity index (χ2n) is 9.78. The quantitative estimate of drug-likeness (QED) is 0.581. The van der Waals surface area contributed by atoms with Gasteiger partial charge in [-0.05, 0) is 69.7 Å². The van der Waals surface area contributed by atoms with E-state index in [1.807, 2.05) is 46.7 Å². The van der Waals surface area contributed by atoms with Crippen molar-refractivity contribution in [2.75, 3.05) is 11.9 Å². The fraction of sp³-hybridized carbons (Fsp3) is 0.481. The van der Waals surface area contributed by atoms with Crippen molar-refractivity contribution >= 4 is 23.1 Å². The fourth-order valence-corrected chi connectivity index (χ4v) is 4.87. The van der Waals surface area contributed by atoms with Crippen LogP contribution < -0.4 is 5.32 Å². The molecule has 2 fully saturated rings. The minimum atomic E-state index is 0.0151. The number of aromatic nitrogens is 3. The number of amides is 2. The van der Waals surface area contributed by atoms with Crippen LogP contribution in [0.3, 0.4) is 0 Å². The number of likely N-dealkylation sites (tertiary alicyclic amines) is 1. The van der Waals surface area contributed by atoms with E-state index >= 15 is 0 Å². The summed E-state index contributed by atoms with van der Waals surface area (Å²) < 4.78 is 1.85. The van der Waals surface area contributed by atoms with E-state index in [0.717, 1.165) is 66.9 Å². The van der Waals surface area contributed by atoms with Crippen molar-refractivity contribution in [3.05, 3.63) is 47.3 Å². The average Bonchev–Trinajstić information content (AvgIpc) is 3.62. The van der Waals surface area contributed by atoms with E-state index in [0.29, 0.717) is 11.3 Å². The van der Waals surface area contributed by atoms with Crippen molar-refractivity contribution in [3.8, 4) is 11.3 Å². The molecule has 0 spiro atoms. The van der Waals surface area contributed by atoms with Crippen molar-refractivity contribution in [2.24, 2.45) is 5.92 Å². The number of aryl methyl sites for hydroxylation is 2. The summed E-state index contributed by atoms with van der Waals surface area (Å²) in [5, 5.41) is 7.84. The molecule has 1 N–H and O–H groups in total. The third kappa shape index (κ3) is 4.43. The summed E-state index contributed by atoms with van der Waals surface area (Å²) in [5.41, 5.74) is 5.80. The molecule has 1 aliphatic carbocycles. The van der Waals surface area contributed by atoms with E-state index in [9.17, 15) is 9.59 Å². The lowest BCUT2D eigenvalue weighted by molar-refractivity contribution is -0.117. The zero-order valence-corrected chi connectivity index (χ0v) is 20.3. The lowest BCUT2D eigenvalue weighted by atomic mass is 10.0. The second kappa shape index (κ2) is 9.20. The van der Waals surface area contributed by atoms with Crippen molar-refractivity contribution in [1.82, 2.24) is 19.5 Å². The summed E-state index contributed by atoms with van der Waals surface area (Å²) >= 11 is 0. The number of hydrogen-bond acceptors (Lipinski definition) is 4. The first-order chi connectivity index (χ1) is 16.4. The van der Waals surface area contributed by atoms with Crippen LogP contribution in [0, 0.1) is 12.8 Å². The highest BCUT2D eigenvalue weighted by Gasteiger charge is 2.29. The third-order valence-electron chi connectivity index (χ3n) is 7.11. The number of fused-ring (bicyclic) bond motifs is 1. The van der Waals surface area contributed by atoms with Crippen LogP contribution in [0.15, 0.2) is 30.3 Å². The van der Waals surface area contributed by atoms with Gasteiger partial charge in [-0.3, -0.25) is 9.59 Å². The normalized spacial score (nSPS) is 18.7. The molecule has 0 radical (unpaired) electrons. The molecule has 1 unspecified atom stereocenters. The Kier molecular flexibility index (Phi) is 6.11. The van der Waals surface area contributed by atoms with Gasteiger partial charge in [-0.1, -0.05) is 25.8 Å². The molecule has 0 bridgehead atoms. The third-order valence-corrected chi connectivity index (χ3v) is 7.11. The van der Waals surface area contributed by atoms with Crippen LogP contribution in [0.25, 0.3) is 16.9 Å². The van der Waals surface area contributed by atoms with Crippen LogP contribution >= 0.6 is 0 Å². The lowest BCUT2D eigenvalue weighted by Gasteiger charge is -2.27. The predicted molar refractivity (Wildman–Crippen MR) is 133 cm³/mol. The van der Waals surface area contributed by atoms with Gasteiger partial charge in [-0.15, -0.1) is 0 Å². The summed E-state index contributed by atoms with van der Waals surface area (Å²) in [4.78, 5) is 32.2. The number of nitrogens with zero attached hydrogens (tertiary/aromatic N) is 4. The van der Waals surface area contributed by atoms with E-state index in [2.05, 4.69) is 19.2 Å². The van der Waals surface area contributed by atoms with Gasteiger partial charge in [0.15, 0.2) is 5.65 Å². The molecule has 3 aromatic rings. The minimum Gasteiger partial charge on any atom is -0.335 e. The zero-order chi connectivity index (χ0) is 23.8. The van der Waals surface area contributed by atoms with E-state index < -0.39 is 0 Å². The molecule has 3 heterocycles. The number of carbonyl (C=O) groups is 2. The van der Waals surface area contributed by atoms with Gasteiger partial charge in [0, 0.05) is 41.5 Å².